The van der Waals surface area contributed by atoms with Gasteiger partial charge in [0.15, 0.2) is 17.3 Å². The summed E-state index contributed by atoms with van der Waals surface area (Å²) >= 11 is 0. The molecular formula is C13H10F4O2S. The molecule has 20 heavy (non-hydrogen) atoms. The van der Waals surface area contributed by atoms with Gasteiger partial charge in [-0.15, -0.1) is 0 Å². The molecule has 0 N–H and O–H groups in total. The standard InChI is InChI=1S/C13H10F4O2S/c1-13(17)5-4-9(7-12(13)16)20(18,19)8-2-3-10(14)11(15)6-8/h2-4,6-7H,5H2,1H3. The first kappa shape index (κ1) is 14.8. The molecule has 0 saturated carbocycles. The van der Waals surface area contributed by atoms with Crippen LogP contribution in [0.25, 0.3) is 0 Å². The summed E-state index contributed by atoms with van der Waals surface area (Å²) in [7, 11) is -4.21. The lowest BCUT2D eigenvalue weighted by molar-refractivity contribution is 0.199. The predicted molar refractivity (Wildman–Crippen MR) is 64.9 cm³/mol. The minimum atomic E-state index is -4.21. The number of hydrogen-bond acceptors (Lipinski definition) is 2. The summed E-state index contributed by atoms with van der Waals surface area (Å²) in [6.45, 7) is 0.982. The fraction of sp³-hybridized carbons (Fsp3) is 0.231. The van der Waals surface area contributed by atoms with E-state index in [1.165, 1.54) is 0 Å². The van der Waals surface area contributed by atoms with Crippen LogP contribution in [0.3, 0.4) is 0 Å². The maximum Gasteiger partial charge on any atom is 0.206 e. The highest BCUT2D eigenvalue weighted by atomic mass is 32.2. The summed E-state index contributed by atoms with van der Waals surface area (Å²) < 4.78 is 77.1. The van der Waals surface area contributed by atoms with Crippen molar-refractivity contribution in [3.63, 3.8) is 0 Å². The molecule has 0 spiro atoms. The molecule has 1 aromatic carbocycles. The molecule has 0 aromatic heterocycles. The van der Waals surface area contributed by atoms with Crippen LogP contribution in [0.4, 0.5) is 17.6 Å². The van der Waals surface area contributed by atoms with Crippen molar-refractivity contribution >= 4 is 9.84 Å². The molecule has 1 aromatic rings. The lowest BCUT2D eigenvalue weighted by atomic mass is 9.98. The van der Waals surface area contributed by atoms with Crippen LogP contribution in [0.5, 0.6) is 0 Å². The van der Waals surface area contributed by atoms with Crippen LogP contribution < -0.4 is 0 Å². The molecule has 0 bridgehead atoms. The smallest absolute Gasteiger partial charge is 0.206 e. The van der Waals surface area contributed by atoms with Crippen molar-refractivity contribution in [3.05, 3.63) is 52.7 Å². The zero-order valence-corrected chi connectivity index (χ0v) is 11.1. The van der Waals surface area contributed by atoms with Crippen molar-refractivity contribution in [1.82, 2.24) is 0 Å². The molecule has 108 valence electrons. The summed E-state index contributed by atoms with van der Waals surface area (Å²) in [5.41, 5.74) is -2.26. The second-order valence-electron chi connectivity index (χ2n) is 4.58. The number of rotatable bonds is 2. The summed E-state index contributed by atoms with van der Waals surface area (Å²) in [6.07, 6.45) is 1.12. The van der Waals surface area contributed by atoms with Crippen LogP contribution in [-0.2, 0) is 9.84 Å². The fourth-order valence-electron chi connectivity index (χ4n) is 1.69. The number of alkyl halides is 1. The Morgan fingerprint density at radius 2 is 1.80 bits per heavy atom. The van der Waals surface area contributed by atoms with E-state index in [1.54, 1.807) is 0 Å². The van der Waals surface area contributed by atoms with E-state index in [4.69, 9.17) is 0 Å². The molecule has 2 rings (SSSR count). The SMILES string of the molecule is CC1(F)CC=C(S(=O)(=O)c2ccc(F)c(F)c2)C=C1F. The van der Waals surface area contributed by atoms with Gasteiger partial charge >= 0.3 is 0 Å². The van der Waals surface area contributed by atoms with Crippen LogP contribution in [0, 0.1) is 11.6 Å². The number of sulfone groups is 1. The van der Waals surface area contributed by atoms with Crippen molar-refractivity contribution in [2.24, 2.45) is 0 Å². The highest BCUT2D eigenvalue weighted by Crippen LogP contribution is 2.35. The lowest BCUT2D eigenvalue weighted by Crippen LogP contribution is -2.22. The predicted octanol–water partition coefficient (Wildman–Crippen LogP) is 3.61. The normalized spacial score (nSPS) is 23.2. The topological polar surface area (TPSA) is 34.1 Å². The zero-order chi connectivity index (χ0) is 15.1. The molecule has 1 aliphatic carbocycles. The van der Waals surface area contributed by atoms with Gasteiger partial charge in [0, 0.05) is 6.42 Å². The average Bonchev–Trinajstić information content (AvgIpc) is 2.35. The van der Waals surface area contributed by atoms with Crippen molar-refractivity contribution in [2.45, 2.75) is 23.9 Å². The Morgan fingerprint density at radius 1 is 1.15 bits per heavy atom. The van der Waals surface area contributed by atoms with E-state index < -0.39 is 49.2 Å². The molecule has 1 aliphatic rings. The van der Waals surface area contributed by atoms with Crippen LogP contribution in [-0.4, -0.2) is 14.1 Å². The van der Waals surface area contributed by atoms with Gasteiger partial charge in [-0.3, -0.25) is 0 Å². The van der Waals surface area contributed by atoms with Crippen LogP contribution >= 0.6 is 0 Å². The summed E-state index contributed by atoms with van der Waals surface area (Å²) in [6, 6.07) is 2.02. The molecule has 7 heteroatoms. The van der Waals surface area contributed by atoms with Gasteiger partial charge in [-0.25, -0.2) is 26.0 Å². The van der Waals surface area contributed by atoms with E-state index in [0.717, 1.165) is 19.1 Å². The third-order valence-electron chi connectivity index (χ3n) is 2.97. The van der Waals surface area contributed by atoms with Crippen molar-refractivity contribution in [3.8, 4) is 0 Å². The second kappa shape index (κ2) is 4.73. The Kier molecular flexibility index (Phi) is 3.49. The molecule has 2 nitrogen and oxygen atoms in total. The number of benzene rings is 1. The van der Waals surface area contributed by atoms with E-state index in [9.17, 15) is 26.0 Å². The molecule has 0 saturated heterocycles. The monoisotopic (exact) mass is 306 g/mol. The first-order valence-corrected chi connectivity index (χ1v) is 7.10. The quantitative estimate of drug-likeness (QED) is 0.618. The number of allylic oxidation sites excluding steroid dienone is 3. The van der Waals surface area contributed by atoms with E-state index >= 15 is 0 Å². The Bertz CT molecular complexity index is 718. The van der Waals surface area contributed by atoms with Gasteiger partial charge < -0.3 is 0 Å². The average molecular weight is 306 g/mol. The van der Waals surface area contributed by atoms with Gasteiger partial charge in [-0.1, -0.05) is 6.08 Å². The van der Waals surface area contributed by atoms with Crippen LogP contribution in [0.2, 0.25) is 0 Å². The number of hydrogen-bond donors (Lipinski definition) is 0. The zero-order valence-electron chi connectivity index (χ0n) is 10.3. The van der Waals surface area contributed by atoms with Crippen molar-refractivity contribution in [1.29, 1.82) is 0 Å². The molecule has 1 unspecified atom stereocenters. The second-order valence-corrected chi connectivity index (χ2v) is 6.53. The first-order chi connectivity index (χ1) is 9.14. The molecule has 0 aliphatic heterocycles. The van der Waals surface area contributed by atoms with Gasteiger partial charge in [0.1, 0.15) is 5.83 Å². The highest BCUT2D eigenvalue weighted by molar-refractivity contribution is 7.95. The van der Waals surface area contributed by atoms with Crippen LogP contribution in [0.15, 0.2) is 46.0 Å². The minimum absolute atomic E-state index is 0.451. The molecule has 0 heterocycles. The Hall–Kier alpha value is -1.63. The van der Waals surface area contributed by atoms with Crippen molar-refractivity contribution in [2.75, 3.05) is 0 Å². The highest BCUT2D eigenvalue weighted by Gasteiger charge is 2.34. The summed E-state index contributed by atoms with van der Waals surface area (Å²) in [4.78, 5) is -0.995. The lowest BCUT2D eigenvalue weighted by Gasteiger charge is -2.21. The Balaban J connectivity index is 2.47. The molecule has 0 radical (unpaired) electrons. The Morgan fingerprint density at radius 3 is 2.35 bits per heavy atom. The van der Waals surface area contributed by atoms with E-state index in [1.807, 2.05) is 0 Å². The van der Waals surface area contributed by atoms with Crippen LogP contribution in [0.1, 0.15) is 13.3 Å². The van der Waals surface area contributed by atoms with Gasteiger partial charge in [-0.2, -0.15) is 0 Å². The molecule has 1 atom stereocenters. The molecule has 0 fully saturated rings. The number of halogens is 4. The van der Waals surface area contributed by atoms with Gasteiger partial charge in [-0.05, 0) is 31.2 Å². The van der Waals surface area contributed by atoms with Crippen molar-refractivity contribution < 1.29 is 26.0 Å². The minimum Gasteiger partial charge on any atom is -0.236 e. The van der Waals surface area contributed by atoms with E-state index in [2.05, 4.69) is 0 Å². The van der Waals surface area contributed by atoms with Gasteiger partial charge in [0.25, 0.3) is 0 Å². The fourth-order valence-corrected chi connectivity index (χ4v) is 3.03. The summed E-state index contributed by atoms with van der Waals surface area (Å²) in [5, 5.41) is 0. The summed E-state index contributed by atoms with van der Waals surface area (Å²) in [5.74, 6) is -3.75. The van der Waals surface area contributed by atoms with E-state index in [0.29, 0.717) is 18.2 Å². The first-order valence-electron chi connectivity index (χ1n) is 5.61. The largest absolute Gasteiger partial charge is 0.236 e. The third-order valence-corrected chi connectivity index (χ3v) is 4.74. The third kappa shape index (κ3) is 2.49. The van der Waals surface area contributed by atoms with E-state index in [-0.39, 0.29) is 0 Å². The maximum absolute atomic E-state index is 13.6. The van der Waals surface area contributed by atoms with Gasteiger partial charge in [0.05, 0.1) is 9.80 Å². The molecular weight excluding hydrogens is 296 g/mol. The maximum atomic E-state index is 13.6. The van der Waals surface area contributed by atoms with Gasteiger partial charge in [0.2, 0.25) is 9.84 Å². The molecule has 0 amide bonds. The Labute approximate surface area is 113 Å².